The van der Waals surface area contributed by atoms with Crippen molar-refractivity contribution in [2.75, 3.05) is 6.54 Å². The molecule has 0 heterocycles. The third kappa shape index (κ3) is 3.07. The van der Waals surface area contributed by atoms with Crippen molar-refractivity contribution in [3.8, 4) is 0 Å². The third-order valence-electron chi connectivity index (χ3n) is 3.29. The number of hydrogen-bond acceptors (Lipinski definition) is 1. The van der Waals surface area contributed by atoms with E-state index in [1.54, 1.807) is 0 Å². The minimum atomic E-state index is 0.248. The summed E-state index contributed by atoms with van der Waals surface area (Å²) in [5.41, 5.74) is 10.00. The minimum absolute atomic E-state index is 0.248. The van der Waals surface area contributed by atoms with Crippen LogP contribution in [0.5, 0.6) is 0 Å². The molecule has 0 aliphatic rings. The maximum Gasteiger partial charge on any atom is -0.00770 e. The van der Waals surface area contributed by atoms with Crippen LogP contribution in [0.15, 0.2) is 18.2 Å². The third-order valence-corrected chi connectivity index (χ3v) is 3.29. The Morgan fingerprint density at radius 3 is 2.33 bits per heavy atom. The van der Waals surface area contributed by atoms with Gasteiger partial charge in [-0.15, -0.1) is 0 Å². The van der Waals surface area contributed by atoms with E-state index in [1.165, 1.54) is 16.7 Å². The van der Waals surface area contributed by atoms with Crippen LogP contribution in [0.2, 0.25) is 0 Å². The van der Waals surface area contributed by atoms with Gasteiger partial charge in [-0.05, 0) is 55.3 Å². The Balaban J connectivity index is 2.89. The summed E-state index contributed by atoms with van der Waals surface area (Å²) in [4.78, 5) is 0. The van der Waals surface area contributed by atoms with E-state index in [0.717, 1.165) is 19.4 Å². The lowest BCUT2D eigenvalue weighted by molar-refractivity contribution is 0.464. The standard InChI is InChI=1S/C14H23N/c1-11-6-7-13(10-12(11)2)14(3,4)8-5-9-15/h6-7,10H,5,8-9,15H2,1-4H3. The van der Waals surface area contributed by atoms with E-state index in [4.69, 9.17) is 5.73 Å². The second-order valence-corrected chi connectivity index (χ2v) is 5.08. The summed E-state index contributed by atoms with van der Waals surface area (Å²) < 4.78 is 0. The lowest BCUT2D eigenvalue weighted by Crippen LogP contribution is -2.19. The van der Waals surface area contributed by atoms with Crippen LogP contribution in [0.4, 0.5) is 0 Å². The highest BCUT2D eigenvalue weighted by molar-refractivity contribution is 5.33. The number of benzene rings is 1. The number of aryl methyl sites for hydroxylation is 2. The van der Waals surface area contributed by atoms with Gasteiger partial charge >= 0.3 is 0 Å². The Hall–Kier alpha value is -0.820. The molecule has 0 atom stereocenters. The first-order valence-corrected chi connectivity index (χ1v) is 5.75. The smallest absolute Gasteiger partial charge is 0.00770 e. The average Bonchev–Trinajstić information content (AvgIpc) is 2.19. The van der Waals surface area contributed by atoms with Gasteiger partial charge in [0, 0.05) is 0 Å². The fraction of sp³-hybridized carbons (Fsp3) is 0.571. The van der Waals surface area contributed by atoms with Gasteiger partial charge in [0.2, 0.25) is 0 Å². The first-order chi connectivity index (χ1) is 6.97. The molecule has 15 heavy (non-hydrogen) atoms. The molecule has 1 nitrogen and oxygen atoms in total. The lowest BCUT2D eigenvalue weighted by Gasteiger charge is -2.26. The number of nitrogens with two attached hydrogens (primary N) is 1. The SMILES string of the molecule is Cc1ccc(C(C)(C)CCCN)cc1C. The van der Waals surface area contributed by atoms with Gasteiger partial charge in [-0.3, -0.25) is 0 Å². The molecular formula is C14H23N. The van der Waals surface area contributed by atoms with Crippen LogP contribution in [0.25, 0.3) is 0 Å². The largest absolute Gasteiger partial charge is 0.330 e. The second-order valence-electron chi connectivity index (χ2n) is 5.08. The predicted molar refractivity (Wildman–Crippen MR) is 67.2 cm³/mol. The lowest BCUT2D eigenvalue weighted by atomic mass is 9.79. The highest BCUT2D eigenvalue weighted by Gasteiger charge is 2.19. The van der Waals surface area contributed by atoms with Gasteiger partial charge in [0.25, 0.3) is 0 Å². The van der Waals surface area contributed by atoms with Crippen molar-refractivity contribution in [2.24, 2.45) is 5.73 Å². The molecule has 0 unspecified atom stereocenters. The van der Waals surface area contributed by atoms with Gasteiger partial charge in [-0.25, -0.2) is 0 Å². The molecule has 0 saturated carbocycles. The summed E-state index contributed by atoms with van der Waals surface area (Å²) in [6.07, 6.45) is 2.26. The van der Waals surface area contributed by atoms with Crippen molar-refractivity contribution in [3.05, 3.63) is 34.9 Å². The molecule has 0 radical (unpaired) electrons. The molecule has 0 spiro atoms. The first-order valence-electron chi connectivity index (χ1n) is 5.75. The van der Waals surface area contributed by atoms with Crippen molar-refractivity contribution in [1.82, 2.24) is 0 Å². The Labute approximate surface area is 93.7 Å². The van der Waals surface area contributed by atoms with Crippen LogP contribution < -0.4 is 5.73 Å². The highest BCUT2D eigenvalue weighted by atomic mass is 14.5. The molecular weight excluding hydrogens is 182 g/mol. The quantitative estimate of drug-likeness (QED) is 0.801. The fourth-order valence-corrected chi connectivity index (χ4v) is 1.85. The van der Waals surface area contributed by atoms with E-state index >= 15 is 0 Å². The number of rotatable bonds is 4. The Kier molecular flexibility index (Phi) is 3.92. The van der Waals surface area contributed by atoms with E-state index in [-0.39, 0.29) is 5.41 Å². The van der Waals surface area contributed by atoms with Crippen molar-refractivity contribution < 1.29 is 0 Å². The molecule has 0 fully saturated rings. The summed E-state index contributed by atoms with van der Waals surface area (Å²) in [5.74, 6) is 0. The van der Waals surface area contributed by atoms with E-state index in [1.807, 2.05) is 0 Å². The van der Waals surface area contributed by atoms with Gasteiger partial charge in [-0.2, -0.15) is 0 Å². The first kappa shape index (κ1) is 12.3. The molecule has 0 aromatic heterocycles. The topological polar surface area (TPSA) is 26.0 Å². The van der Waals surface area contributed by atoms with Crippen LogP contribution in [0.1, 0.15) is 43.4 Å². The van der Waals surface area contributed by atoms with E-state index in [9.17, 15) is 0 Å². The van der Waals surface area contributed by atoms with Crippen LogP contribution in [0.3, 0.4) is 0 Å². The summed E-state index contributed by atoms with van der Waals surface area (Å²) in [6, 6.07) is 6.78. The molecule has 84 valence electrons. The molecule has 1 rings (SSSR count). The van der Waals surface area contributed by atoms with Gasteiger partial charge in [-0.1, -0.05) is 32.0 Å². The molecule has 1 aromatic carbocycles. The Morgan fingerprint density at radius 1 is 1.13 bits per heavy atom. The van der Waals surface area contributed by atoms with E-state index in [2.05, 4.69) is 45.9 Å². The highest BCUT2D eigenvalue weighted by Crippen LogP contribution is 2.29. The van der Waals surface area contributed by atoms with Crippen LogP contribution in [-0.4, -0.2) is 6.54 Å². The van der Waals surface area contributed by atoms with Gasteiger partial charge in [0.15, 0.2) is 0 Å². The molecule has 0 saturated heterocycles. The van der Waals surface area contributed by atoms with Crippen LogP contribution in [0, 0.1) is 13.8 Å². The van der Waals surface area contributed by atoms with Gasteiger partial charge < -0.3 is 5.73 Å². The van der Waals surface area contributed by atoms with Gasteiger partial charge in [0.1, 0.15) is 0 Å². The molecule has 0 bridgehead atoms. The van der Waals surface area contributed by atoms with Crippen molar-refractivity contribution in [3.63, 3.8) is 0 Å². The second kappa shape index (κ2) is 4.80. The maximum atomic E-state index is 5.57. The Morgan fingerprint density at radius 2 is 1.80 bits per heavy atom. The average molecular weight is 205 g/mol. The van der Waals surface area contributed by atoms with Crippen LogP contribution in [-0.2, 0) is 5.41 Å². The minimum Gasteiger partial charge on any atom is -0.330 e. The zero-order valence-electron chi connectivity index (χ0n) is 10.4. The summed E-state index contributed by atoms with van der Waals surface area (Å²) in [6.45, 7) is 9.72. The normalized spacial score (nSPS) is 11.8. The molecule has 0 aliphatic heterocycles. The molecule has 0 amide bonds. The predicted octanol–water partition coefficient (Wildman–Crippen LogP) is 3.32. The zero-order valence-corrected chi connectivity index (χ0v) is 10.4. The molecule has 2 N–H and O–H groups in total. The zero-order chi connectivity index (χ0) is 11.5. The summed E-state index contributed by atoms with van der Waals surface area (Å²) in [7, 11) is 0. The Bertz CT molecular complexity index is 326. The summed E-state index contributed by atoms with van der Waals surface area (Å²) >= 11 is 0. The van der Waals surface area contributed by atoms with E-state index < -0.39 is 0 Å². The monoisotopic (exact) mass is 205 g/mol. The van der Waals surface area contributed by atoms with Crippen LogP contribution >= 0.6 is 0 Å². The molecule has 1 aromatic rings. The van der Waals surface area contributed by atoms with Crippen molar-refractivity contribution in [2.45, 2.75) is 46.0 Å². The fourth-order valence-electron chi connectivity index (χ4n) is 1.85. The van der Waals surface area contributed by atoms with Crippen molar-refractivity contribution in [1.29, 1.82) is 0 Å². The maximum absolute atomic E-state index is 5.57. The number of hydrogen-bond donors (Lipinski definition) is 1. The molecule has 1 heteroatoms. The van der Waals surface area contributed by atoms with Crippen molar-refractivity contribution >= 4 is 0 Å². The summed E-state index contributed by atoms with van der Waals surface area (Å²) in [5, 5.41) is 0. The van der Waals surface area contributed by atoms with Gasteiger partial charge in [0.05, 0.1) is 0 Å². The molecule has 0 aliphatic carbocycles. The van der Waals surface area contributed by atoms with E-state index in [0.29, 0.717) is 0 Å².